The average Bonchev–Trinajstić information content (AvgIpc) is 2.39. The lowest BCUT2D eigenvalue weighted by Gasteiger charge is -2.33. The first-order valence-electron chi connectivity index (χ1n) is 6.94. The number of nitrogens with one attached hydrogen (secondary N) is 2. The number of hydrogen-bond acceptors (Lipinski definition) is 3. The topological polar surface area (TPSA) is 61.4 Å². The van der Waals surface area contributed by atoms with Crippen LogP contribution in [-0.2, 0) is 9.59 Å². The second-order valence-corrected chi connectivity index (χ2v) is 5.24. The smallest absolute Gasteiger partial charge is 0.234 e. The highest BCUT2D eigenvalue weighted by Gasteiger charge is 2.24. The molecule has 0 atom stereocenters. The van der Waals surface area contributed by atoms with Gasteiger partial charge in [-0.2, -0.15) is 0 Å². The van der Waals surface area contributed by atoms with Crippen LogP contribution < -0.4 is 10.6 Å². The van der Waals surface area contributed by atoms with Crippen LogP contribution in [0.4, 0.5) is 0 Å². The third-order valence-corrected chi connectivity index (χ3v) is 3.24. The predicted molar refractivity (Wildman–Crippen MR) is 75.6 cm³/mol. The first kappa shape index (κ1) is 15.7. The number of carbonyl (C=O) groups excluding carboxylic acids is 2. The number of amides is 2. The molecule has 0 aromatic carbocycles. The predicted octanol–water partition coefficient (Wildman–Crippen LogP) is 0.525. The molecule has 1 heterocycles. The second kappa shape index (κ2) is 7.94. The van der Waals surface area contributed by atoms with E-state index in [1.165, 1.54) is 0 Å². The highest BCUT2D eigenvalue weighted by molar-refractivity contribution is 5.79. The Kier molecular flexibility index (Phi) is 6.56. The van der Waals surface area contributed by atoms with Gasteiger partial charge < -0.3 is 15.5 Å². The van der Waals surface area contributed by atoms with Gasteiger partial charge >= 0.3 is 0 Å². The lowest BCUT2D eigenvalue weighted by molar-refractivity contribution is -0.135. The number of carbonyl (C=O) groups is 2. The van der Waals surface area contributed by atoms with Gasteiger partial charge in [0.1, 0.15) is 0 Å². The molecule has 5 nitrogen and oxygen atoms in total. The molecule has 0 aromatic rings. The number of rotatable bonds is 6. The summed E-state index contributed by atoms with van der Waals surface area (Å²) in [6, 6.07) is 0.189. The Morgan fingerprint density at radius 1 is 1.37 bits per heavy atom. The third-order valence-electron chi connectivity index (χ3n) is 3.24. The first-order valence-corrected chi connectivity index (χ1v) is 6.94. The van der Waals surface area contributed by atoms with Crippen molar-refractivity contribution in [2.24, 2.45) is 5.92 Å². The largest absolute Gasteiger partial charge is 0.352 e. The lowest BCUT2D eigenvalue weighted by atomic mass is 10.0. The van der Waals surface area contributed by atoms with Crippen LogP contribution in [0.25, 0.3) is 0 Å². The van der Waals surface area contributed by atoms with Crippen molar-refractivity contribution < 1.29 is 9.59 Å². The van der Waals surface area contributed by atoms with Gasteiger partial charge in [-0.05, 0) is 12.8 Å². The van der Waals surface area contributed by atoms with Crippen molar-refractivity contribution in [1.82, 2.24) is 15.5 Å². The van der Waals surface area contributed by atoms with Crippen LogP contribution in [0.3, 0.4) is 0 Å². The van der Waals surface area contributed by atoms with Gasteiger partial charge in [0.2, 0.25) is 11.8 Å². The summed E-state index contributed by atoms with van der Waals surface area (Å²) in [4.78, 5) is 25.3. The van der Waals surface area contributed by atoms with Crippen LogP contribution in [-0.4, -0.2) is 48.9 Å². The molecule has 1 rings (SSSR count). The minimum absolute atomic E-state index is 0.00971. The molecule has 1 aliphatic rings. The van der Waals surface area contributed by atoms with Gasteiger partial charge in [-0.25, -0.2) is 0 Å². The summed E-state index contributed by atoms with van der Waals surface area (Å²) >= 11 is 0. The first-order chi connectivity index (χ1) is 9.04. The Morgan fingerprint density at radius 3 is 2.53 bits per heavy atom. The molecule has 0 saturated carbocycles. The van der Waals surface area contributed by atoms with Crippen molar-refractivity contribution in [3.63, 3.8) is 0 Å². The fourth-order valence-corrected chi connectivity index (χ4v) is 2.18. The van der Waals surface area contributed by atoms with Gasteiger partial charge in [0.05, 0.1) is 6.54 Å². The van der Waals surface area contributed by atoms with Gasteiger partial charge in [-0.1, -0.05) is 19.9 Å². The van der Waals surface area contributed by atoms with Gasteiger partial charge in [0.15, 0.2) is 0 Å². The van der Waals surface area contributed by atoms with Crippen molar-refractivity contribution in [3.05, 3.63) is 12.7 Å². The molecule has 19 heavy (non-hydrogen) atoms. The van der Waals surface area contributed by atoms with Crippen LogP contribution in [0.5, 0.6) is 0 Å². The van der Waals surface area contributed by atoms with E-state index >= 15 is 0 Å². The minimum Gasteiger partial charge on any atom is -0.352 e. The van der Waals surface area contributed by atoms with E-state index in [2.05, 4.69) is 17.2 Å². The summed E-state index contributed by atoms with van der Waals surface area (Å²) < 4.78 is 0. The molecule has 2 amide bonds. The number of likely N-dealkylation sites (tertiary alicyclic amines) is 1. The number of piperidine rings is 1. The Morgan fingerprint density at radius 2 is 2.00 bits per heavy atom. The number of nitrogens with zero attached hydrogens (tertiary/aromatic N) is 1. The fourth-order valence-electron chi connectivity index (χ4n) is 2.18. The van der Waals surface area contributed by atoms with Crippen LogP contribution >= 0.6 is 0 Å². The van der Waals surface area contributed by atoms with Crippen molar-refractivity contribution in [2.75, 3.05) is 26.2 Å². The summed E-state index contributed by atoms with van der Waals surface area (Å²) in [5.74, 6) is 0.266. The molecule has 1 aliphatic heterocycles. The Hall–Kier alpha value is -1.36. The third kappa shape index (κ3) is 5.42. The van der Waals surface area contributed by atoms with E-state index < -0.39 is 0 Å². The molecule has 0 unspecified atom stereocenters. The molecule has 0 bridgehead atoms. The van der Waals surface area contributed by atoms with E-state index in [1.807, 2.05) is 18.7 Å². The normalized spacial score (nSPS) is 16.5. The Balaban J connectivity index is 2.24. The van der Waals surface area contributed by atoms with E-state index in [0.29, 0.717) is 13.1 Å². The van der Waals surface area contributed by atoms with Crippen molar-refractivity contribution in [3.8, 4) is 0 Å². The maximum atomic E-state index is 11.8. The summed E-state index contributed by atoms with van der Waals surface area (Å²) in [6.07, 6.45) is 3.40. The maximum absolute atomic E-state index is 11.8. The van der Waals surface area contributed by atoms with E-state index in [9.17, 15) is 9.59 Å². The number of hydrogen-bond donors (Lipinski definition) is 2. The van der Waals surface area contributed by atoms with Gasteiger partial charge in [0, 0.05) is 31.6 Å². The van der Waals surface area contributed by atoms with Crippen LogP contribution in [0, 0.1) is 5.92 Å². The van der Waals surface area contributed by atoms with E-state index in [0.717, 1.165) is 25.9 Å². The van der Waals surface area contributed by atoms with Crippen LogP contribution in [0.15, 0.2) is 12.7 Å². The monoisotopic (exact) mass is 267 g/mol. The highest BCUT2D eigenvalue weighted by Crippen LogP contribution is 2.13. The highest BCUT2D eigenvalue weighted by atomic mass is 16.2. The molecule has 0 radical (unpaired) electrons. The van der Waals surface area contributed by atoms with Crippen LogP contribution in [0.2, 0.25) is 0 Å². The Labute approximate surface area is 115 Å². The molecule has 1 saturated heterocycles. The van der Waals surface area contributed by atoms with Crippen molar-refractivity contribution >= 4 is 11.8 Å². The lowest BCUT2D eigenvalue weighted by Crippen LogP contribution is -2.49. The van der Waals surface area contributed by atoms with E-state index in [1.54, 1.807) is 6.08 Å². The second-order valence-electron chi connectivity index (χ2n) is 5.24. The molecule has 2 N–H and O–H groups in total. The van der Waals surface area contributed by atoms with Gasteiger partial charge in [-0.15, -0.1) is 6.58 Å². The summed E-state index contributed by atoms with van der Waals surface area (Å²) in [6.45, 7) is 9.84. The quantitative estimate of drug-likeness (QED) is 0.545. The van der Waals surface area contributed by atoms with Crippen molar-refractivity contribution in [1.29, 1.82) is 0 Å². The minimum atomic E-state index is 0.00971. The fraction of sp³-hybridized carbons (Fsp3) is 0.714. The molecule has 0 aliphatic carbocycles. The van der Waals surface area contributed by atoms with Crippen LogP contribution in [0.1, 0.15) is 26.7 Å². The molecule has 0 spiro atoms. The molecular weight excluding hydrogens is 242 g/mol. The summed E-state index contributed by atoms with van der Waals surface area (Å²) in [7, 11) is 0. The van der Waals surface area contributed by atoms with Crippen molar-refractivity contribution in [2.45, 2.75) is 32.7 Å². The zero-order chi connectivity index (χ0) is 14.3. The molecule has 1 fully saturated rings. The summed E-state index contributed by atoms with van der Waals surface area (Å²) in [5.41, 5.74) is 0. The molecule has 5 heteroatoms. The van der Waals surface area contributed by atoms with E-state index in [4.69, 9.17) is 0 Å². The SMILES string of the molecule is C=CCNCC(=O)NC1CCN(C(=O)C(C)C)CC1. The molecular formula is C14H25N3O2. The van der Waals surface area contributed by atoms with E-state index in [-0.39, 0.29) is 23.8 Å². The van der Waals surface area contributed by atoms with Gasteiger partial charge in [-0.3, -0.25) is 9.59 Å². The average molecular weight is 267 g/mol. The Bertz CT molecular complexity index is 321. The molecule has 108 valence electrons. The maximum Gasteiger partial charge on any atom is 0.234 e. The molecule has 0 aromatic heterocycles. The zero-order valence-corrected chi connectivity index (χ0v) is 11.9. The standard InChI is InChI=1S/C14H25N3O2/c1-4-7-15-10-13(18)16-12-5-8-17(9-6-12)14(19)11(2)3/h4,11-12,15H,1,5-10H2,2-3H3,(H,16,18). The summed E-state index contributed by atoms with van der Waals surface area (Å²) in [5, 5.41) is 5.96. The zero-order valence-electron chi connectivity index (χ0n) is 11.9. The van der Waals surface area contributed by atoms with Gasteiger partial charge in [0.25, 0.3) is 0 Å².